The molecule has 0 saturated heterocycles. The average molecular weight is 285 g/mol. The van der Waals surface area contributed by atoms with E-state index in [1.165, 1.54) is 0 Å². The molecule has 19 heavy (non-hydrogen) atoms. The normalized spacial score (nSPS) is 17.3. The number of hydrogen-bond acceptors (Lipinski definition) is 4. The molecule has 3 N–H and O–H groups in total. The van der Waals surface area contributed by atoms with Gasteiger partial charge < -0.3 is 20.4 Å². The lowest BCUT2D eigenvalue weighted by Gasteiger charge is -2.25. The van der Waals surface area contributed by atoms with Crippen LogP contribution in [0, 0.1) is 0 Å². The van der Waals surface area contributed by atoms with Crippen LogP contribution in [0.3, 0.4) is 0 Å². The van der Waals surface area contributed by atoms with E-state index in [-0.39, 0.29) is 6.61 Å². The predicted molar refractivity (Wildman–Crippen MR) is 74.6 cm³/mol. The fraction of sp³-hybridized carbons (Fsp3) is 0.462. The zero-order chi connectivity index (χ0) is 14.0. The van der Waals surface area contributed by atoms with Gasteiger partial charge in [0.15, 0.2) is 6.10 Å². The molecule has 5 nitrogen and oxygen atoms in total. The summed E-state index contributed by atoms with van der Waals surface area (Å²) in [6.45, 7) is 3.30. The Kier molecular flexibility index (Phi) is 4.29. The summed E-state index contributed by atoms with van der Waals surface area (Å²) >= 11 is 6.21. The van der Waals surface area contributed by atoms with E-state index in [1.54, 1.807) is 12.1 Å². The Morgan fingerprint density at radius 3 is 2.79 bits per heavy atom. The van der Waals surface area contributed by atoms with E-state index in [1.807, 2.05) is 11.8 Å². The molecule has 1 amide bonds. The van der Waals surface area contributed by atoms with Crippen molar-refractivity contribution in [3.05, 3.63) is 22.7 Å². The molecule has 1 heterocycles. The summed E-state index contributed by atoms with van der Waals surface area (Å²) in [6, 6.07) is 3.35. The molecule has 6 heteroatoms. The second-order valence-electron chi connectivity index (χ2n) is 4.49. The van der Waals surface area contributed by atoms with Crippen molar-refractivity contribution in [1.82, 2.24) is 0 Å². The molecular weight excluding hydrogens is 268 g/mol. The molecule has 1 aromatic carbocycles. The molecule has 0 aliphatic carbocycles. The lowest BCUT2D eigenvalue weighted by atomic mass is 10.1. The summed E-state index contributed by atoms with van der Waals surface area (Å²) in [5.74, 6) is -0.438. The van der Waals surface area contributed by atoms with Crippen LogP contribution in [0.1, 0.15) is 25.0 Å². The zero-order valence-corrected chi connectivity index (χ0v) is 11.4. The maximum atomic E-state index is 11.4. The number of nitrogens with zero attached hydrogens (tertiary/aromatic N) is 1. The first-order valence-corrected chi connectivity index (χ1v) is 6.64. The van der Waals surface area contributed by atoms with Crippen molar-refractivity contribution < 1.29 is 15.0 Å². The molecular formula is C13H17ClN2O3. The van der Waals surface area contributed by atoms with Gasteiger partial charge in [-0.3, -0.25) is 4.79 Å². The molecule has 104 valence electrons. The van der Waals surface area contributed by atoms with Gasteiger partial charge in [0.25, 0.3) is 5.91 Å². The number of aliphatic hydroxyl groups excluding tert-OH is 2. The first-order valence-electron chi connectivity index (χ1n) is 6.26. The van der Waals surface area contributed by atoms with Gasteiger partial charge in [0.05, 0.1) is 17.3 Å². The number of benzene rings is 1. The number of amides is 1. The van der Waals surface area contributed by atoms with Gasteiger partial charge in [-0.1, -0.05) is 18.5 Å². The monoisotopic (exact) mass is 284 g/mol. The summed E-state index contributed by atoms with van der Waals surface area (Å²) < 4.78 is 0. The fourth-order valence-electron chi connectivity index (χ4n) is 2.24. The van der Waals surface area contributed by atoms with Gasteiger partial charge in [0.1, 0.15) is 0 Å². The van der Waals surface area contributed by atoms with E-state index in [9.17, 15) is 9.90 Å². The minimum atomic E-state index is -1.15. The van der Waals surface area contributed by atoms with Crippen LogP contribution in [0.5, 0.6) is 0 Å². The van der Waals surface area contributed by atoms with Gasteiger partial charge in [-0.15, -0.1) is 0 Å². The third-order valence-electron chi connectivity index (χ3n) is 3.12. The van der Waals surface area contributed by atoms with Crippen molar-refractivity contribution in [1.29, 1.82) is 0 Å². The van der Waals surface area contributed by atoms with Crippen molar-refractivity contribution in [2.45, 2.75) is 19.4 Å². The summed E-state index contributed by atoms with van der Waals surface area (Å²) in [4.78, 5) is 13.4. The molecule has 2 rings (SSSR count). The number of fused-ring (bicyclic) bond motifs is 1. The van der Waals surface area contributed by atoms with Gasteiger partial charge in [-0.2, -0.15) is 0 Å². The number of carbonyl (C=O) groups excluding carboxylic acids is 1. The Morgan fingerprint density at radius 1 is 1.42 bits per heavy atom. The van der Waals surface area contributed by atoms with E-state index < -0.39 is 12.0 Å². The highest BCUT2D eigenvalue weighted by Gasteiger charge is 2.30. The van der Waals surface area contributed by atoms with Crippen molar-refractivity contribution in [2.24, 2.45) is 0 Å². The van der Waals surface area contributed by atoms with Crippen molar-refractivity contribution in [3.63, 3.8) is 0 Å². The number of aliphatic hydroxyl groups is 2. The molecule has 0 saturated carbocycles. The maximum Gasteiger partial charge on any atom is 0.257 e. The number of nitrogens with one attached hydrogen (secondary N) is 1. The van der Waals surface area contributed by atoms with Crippen LogP contribution >= 0.6 is 11.6 Å². The molecule has 1 aliphatic heterocycles. The zero-order valence-electron chi connectivity index (χ0n) is 10.7. The average Bonchev–Trinajstić information content (AvgIpc) is 2.64. The molecule has 0 bridgehead atoms. The van der Waals surface area contributed by atoms with Crippen LogP contribution < -0.4 is 10.2 Å². The van der Waals surface area contributed by atoms with Crippen LogP contribution in [0.25, 0.3) is 0 Å². The molecule has 0 radical (unpaired) electrons. The summed E-state index contributed by atoms with van der Waals surface area (Å²) in [5, 5.41) is 21.9. The van der Waals surface area contributed by atoms with Gasteiger partial charge in [0.2, 0.25) is 0 Å². The lowest BCUT2D eigenvalue weighted by molar-refractivity contribution is -0.123. The number of halogens is 1. The highest BCUT2D eigenvalue weighted by molar-refractivity contribution is 6.33. The van der Waals surface area contributed by atoms with E-state index in [2.05, 4.69) is 5.32 Å². The Hall–Kier alpha value is -1.30. The van der Waals surface area contributed by atoms with Crippen LogP contribution in [-0.4, -0.2) is 35.8 Å². The molecule has 0 aromatic heterocycles. The largest absolute Gasteiger partial charge is 0.395 e. The Morgan fingerprint density at radius 2 is 2.16 bits per heavy atom. The number of carbonyl (C=O) groups is 1. The quantitative estimate of drug-likeness (QED) is 0.767. The Bertz CT molecular complexity index is 487. The maximum absolute atomic E-state index is 11.4. The standard InChI is InChI=1S/C13H17ClN2O3/c1-2-3-16(4-5-17)11-7-10-8(6-9(11)14)12(18)13(19)15-10/h6-7,12,17-18H,2-5H2,1H3,(H,15,19). The molecule has 0 spiro atoms. The predicted octanol–water partition coefficient (Wildman–Crippen LogP) is 1.53. The van der Waals surface area contributed by atoms with Gasteiger partial charge in [-0.05, 0) is 18.6 Å². The van der Waals surface area contributed by atoms with Crippen molar-refractivity contribution >= 4 is 28.9 Å². The summed E-state index contributed by atoms with van der Waals surface area (Å²) in [7, 11) is 0. The molecule has 1 unspecified atom stereocenters. The number of anilines is 2. The summed E-state index contributed by atoms with van der Waals surface area (Å²) in [6.07, 6.45) is -0.235. The SMILES string of the molecule is CCCN(CCO)c1cc2c(cc1Cl)C(O)C(=O)N2. The number of hydrogen-bond donors (Lipinski definition) is 3. The second-order valence-corrected chi connectivity index (χ2v) is 4.90. The first-order chi connectivity index (χ1) is 9.08. The van der Waals surface area contributed by atoms with Crippen LogP contribution in [0.4, 0.5) is 11.4 Å². The molecule has 0 fully saturated rings. The van der Waals surface area contributed by atoms with Crippen LogP contribution in [0.15, 0.2) is 12.1 Å². The third-order valence-corrected chi connectivity index (χ3v) is 3.43. The first kappa shape index (κ1) is 14.1. The van der Waals surface area contributed by atoms with E-state index >= 15 is 0 Å². The second kappa shape index (κ2) is 5.77. The minimum absolute atomic E-state index is 0.0302. The van der Waals surface area contributed by atoms with E-state index in [0.717, 1.165) is 18.7 Å². The van der Waals surface area contributed by atoms with Crippen LogP contribution in [0.2, 0.25) is 5.02 Å². The Labute approximate surface area is 116 Å². The topological polar surface area (TPSA) is 72.8 Å². The highest BCUT2D eigenvalue weighted by Crippen LogP contribution is 2.38. The number of rotatable bonds is 5. The van der Waals surface area contributed by atoms with Crippen LogP contribution in [-0.2, 0) is 4.79 Å². The fourth-order valence-corrected chi connectivity index (χ4v) is 2.53. The highest BCUT2D eigenvalue weighted by atomic mass is 35.5. The van der Waals surface area contributed by atoms with E-state index in [4.69, 9.17) is 16.7 Å². The molecule has 1 aromatic rings. The van der Waals surface area contributed by atoms with Gasteiger partial charge in [0, 0.05) is 24.3 Å². The molecule has 1 aliphatic rings. The molecule has 1 atom stereocenters. The Balaban J connectivity index is 2.37. The smallest absolute Gasteiger partial charge is 0.257 e. The van der Waals surface area contributed by atoms with Crippen molar-refractivity contribution in [3.8, 4) is 0 Å². The minimum Gasteiger partial charge on any atom is -0.395 e. The van der Waals surface area contributed by atoms with Gasteiger partial charge in [-0.25, -0.2) is 0 Å². The van der Waals surface area contributed by atoms with E-state index in [0.29, 0.717) is 22.8 Å². The third kappa shape index (κ3) is 2.68. The lowest BCUT2D eigenvalue weighted by Crippen LogP contribution is -2.27. The summed E-state index contributed by atoms with van der Waals surface area (Å²) in [5.41, 5.74) is 1.83. The van der Waals surface area contributed by atoms with Gasteiger partial charge >= 0.3 is 0 Å². The van der Waals surface area contributed by atoms with Crippen molar-refractivity contribution in [2.75, 3.05) is 29.9 Å².